The molecule has 0 aromatic heterocycles. The molecule has 0 aliphatic heterocycles. The summed E-state index contributed by atoms with van der Waals surface area (Å²) < 4.78 is 6.30. The van der Waals surface area contributed by atoms with Crippen LogP contribution in [0.1, 0.15) is 17.3 Å². The Kier molecular flexibility index (Phi) is 5.91. The first-order chi connectivity index (χ1) is 10.6. The molecule has 0 aliphatic rings. The second-order valence-electron chi connectivity index (χ2n) is 4.38. The zero-order chi connectivity index (χ0) is 15.9. The van der Waals surface area contributed by atoms with Gasteiger partial charge in [-0.3, -0.25) is 10.1 Å². The molecule has 0 saturated heterocycles. The van der Waals surface area contributed by atoms with E-state index in [-0.39, 0.29) is 11.0 Å². The molecule has 2 N–H and O–H groups in total. The zero-order valence-corrected chi connectivity index (χ0v) is 14.3. The van der Waals surface area contributed by atoms with Crippen molar-refractivity contribution in [3.63, 3.8) is 0 Å². The van der Waals surface area contributed by atoms with Gasteiger partial charge in [0.15, 0.2) is 5.11 Å². The fraction of sp³-hybridized carbons (Fsp3) is 0.125. The number of nitrogens with one attached hydrogen (secondary N) is 2. The van der Waals surface area contributed by atoms with Crippen molar-refractivity contribution in [2.75, 3.05) is 11.9 Å². The van der Waals surface area contributed by atoms with E-state index in [1.807, 2.05) is 31.2 Å². The van der Waals surface area contributed by atoms with Gasteiger partial charge in [-0.25, -0.2) is 0 Å². The SMILES string of the molecule is CCOc1cccc(C(=O)NC(=S)Nc2cccc(Br)c2)c1. The van der Waals surface area contributed by atoms with E-state index in [0.29, 0.717) is 17.9 Å². The first kappa shape index (κ1) is 16.5. The van der Waals surface area contributed by atoms with Crippen molar-refractivity contribution in [3.05, 3.63) is 58.6 Å². The van der Waals surface area contributed by atoms with Gasteiger partial charge in [0.25, 0.3) is 5.91 Å². The molecular weight excluding hydrogens is 364 g/mol. The molecule has 2 aromatic carbocycles. The first-order valence-electron chi connectivity index (χ1n) is 6.69. The summed E-state index contributed by atoms with van der Waals surface area (Å²) in [6, 6.07) is 14.5. The van der Waals surface area contributed by atoms with Gasteiger partial charge in [-0.05, 0) is 55.5 Å². The second kappa shape index (κ2) is 7.91. The number of halogens is 1. The molecule has 2 rings (SSSR count). The van der Waals surface area contributed by atoms with Gasteiger partial charge in [-0.1, -0.05) is 28.1 Å². The molecule has 0 atom stereocenters. The number of thiocarbonyl (C=S) groups is 1. The summed E-state index contributed by atoms with van der Waals surface area (Å²) >= 11 is 8.53. The van der Waals surface area contributed by atoms with E-state index in [1.165, 1.54) is 0 Å². The van der Waals surface area contributed by atoms with E-state index >= 15 is 0 Å². The van der Waals surface area contributed by atoms with Crippen LogP contribution in [0.5, 0.6) is 5.75 Å². The Hall–Kier alpha value is -1.92. The van der Waals surface area contributed by atoms with E-state index in [1.54, 1.807) is 24.3 Å². The summed E-state index contributed by atoms with van der Waals surface area (Å²) in [7, 11) is 0. The highest BCUT2D eigenvalue weighted by Gasteiger charge is 2.09. The minimum Gasteiger partial charge on any atom is -0.494 e. The molecule has 0 aliphatic carbocycles. The molecule has 0 bridgehead atoms. The average Bonchev–Trinajstić information content (AvgIpc) is 2.47. The molecular formula is C16H15BrN2O2S. The summed E-state index contributed by atoms with van der Waals surface area (Å²) in [6.45, 7) is 2.44. The molecule has 0 unspecified atom stereocenters. The van der Waals surface area contributed by atoms with Crippen LogP contribution < -0.4 is 15.4 Å². The van der Waals surface area contributed by atoms with E-state index in [0.717, 1.165) is 10.2 Å². The van der Waals surface area contributed by atoms with Crippen molar-refractivity contribution < 1.29 is 9.53 Å². The van der Waals surface area contributed by atoms with Crippen LogP contribution in [0.15, 0.2) is 53.0 Å². The van der Waals surface area contributed by atoms with E-state index in [2.05, 4.69) is 26.6 Å². The molecule has 0 fully saturated rings. The number of hydrogen-bond donors (Lipinski definition) is 2. The van der Waals surface area contributed by atoms with Gasteiger partial charge in [0.1, 0.15) is 5.75 Å². The third kappa shape index (κ3) is 4.82. The largest absolute Gasteiger partial charge is 0.494 e. The lowest BCUT2D eigenvalue weighted by Gasteiger charge is -2.10. The smallest absolute Gasteiger partial charge is 0.257 e. The van der Waals surface area contributed by atoms with E-state index < -0.39 is 0 Å². The van der Waals surface area contributed by atoms with Crippen LogP contribution in [0.25, 0.3) is 0 Å². The highest BCUT2D eigenvalue weighted by molar-refractivity contribution is 9.10. The van der Waals surface area contributed by atoms with Crippen LogP contribution >= 0.6 is 28.1 Å². The molecule has 0 heterocycles. The lowest BCUT2D eigenvalue weighted by molar-refractivity contribution is 0.0977. The lowest BCUT2D eigenvalue weighted by Crippen LogP contribution is -2.34. The van der Waals surface area contributed by atoms with Crippen LogP contribution in [0.3, 0.4) is 0 Å². The van der Waals surface area contributed by atoms with Crippen molar-refractivity contribution in [1.82, 2.24) is 5.32 Å². The Morgan fingerprint density at radius 2 is 2.00 bits per heavy atom. The standard InChI is InChI=1S/C16H15BrN2O2S/c1-2-21-14-8-3-5-11(9-14)15(20)19-16(22)18-13-7-4-6-12(17)10-13/h3-10H,2H2,1H3,(H2,18,19,20,22). The van der Waals surface area contributed by atoms with Crippen molar-refractivity contribution >= 4 is 44.9 Å². The van der Waals surface area contributed by atoms with Crippen LogP contribution in [0, 0.1) is 0 Å². The Balaban J connectivity index is 1.99. The lowest BCUT2D eigenvalue weighted by atomic mass is 10.2. The topological polar surface area (TPSA) is 50.4 Å². The average molecular weight is 379 g/mol. The van der Waals surface area contributed by atoms with Crippen LogP contribution in [0.2, 0.25) is 0 Å². The number of amides is 1. The molecule has 2 aromatic rings. The molecule has 6 heteroatoms. The number of benzene rings is 2. The van der Waals surface area contributed by atoms with Gasteiger partial charge in [0.2, 0.25) is 0 Å². The maximum atomic E-state index is 12.2. The second-order valence-corrected chi connectivity index (χ2v) is 5.70. The molecule has 4 nitrogen and oxygen atoms in total. The number of carbonyl (C=O) groups is 1. The van der Waals surface area contributed by atoms with E-state index in [4.69, 9.17) is 17.0 Å². The Labute approximate surface area is 143 Å². The zero-order valence-electron chi connectivity index (χ0n) is 11.9. The number of hydrogen-bond acceptors (Lipinski definition) is 3. The van der Waals surface area contributed by atoms with Crippen LogP contribution in [-0.4, -0.2) is 17.6 Å². The summed E-state index contributed by atoms with van der Waals surface area (Å²) in [5.74, 6) is 0.370. The number of carbonyl (C=O) groups excluding carboxylic acids is 1. The minimum absolute atomic E-state index is 0.241. The predicted octanol–water partition coefficient (Wildman–Crippen LogP) is 3.97. The van der Waals surface area contributed by atoms with Gasteiger partial charge in [-0.2, -0.15) is 0 Å². The van der Waals surface area contributed by atoms with Crippen molar-refractivity contribution in [2.24, 2.45) is 0 Å². The quantitative estimate of drug-likeness (QED) is 0.790. The fourth-order valence-corrected chi connectivity index (χ4v) is 2.41. The summed E-state index contributed by atoms with van der Waals surface area (Å²) in [5.41, 5.74) is 1.28. The minimum atomic E-state index is -0.283. The summed E-state index contributed by atoms with van der Waals surface area (Å²) in [4.78, 5) is 12.2. The van der Waals surface area contributed by atoms with E-state index in [9.17, 15) is 4.79 Å². The van der Waals surface area contributed by atoms with Crippen LogP contribution in [0.4, 0.5) is 5.69 Å². The normalized spacial score (nSPS) is 9.91. The summed E-state index contributed by atoms with van der Waals surface area (Å²) in [6.07, 6.45) is 0. The fourth-order valence-electron chi connectivity index (χ4n) is 1.80. The van der Waals surface area contributed by atoms with Gasteiger partial charge in [-0.15, -0.1) is 0 Å². The van der Waals surface area contributed by atoms with Gasteiger partial charge >= 0.3 is 0 Å². The maximum absolute atomic E-state index is 12.2. The molecule has 1 amide bonds. The monoisotopic (exact) mass is 378 g/mol. The van der Waals surface area contributed by atoms with Crippen molar-refractivity contribution in [1.29, 1.82) is 0 Å². The Bertz CT molecular complexity index is 691. The molecule has 0 saturated carbocycles. The van der Waals surface area contributed by atoms with Crippen molar-refractivity contribution in [2.45, 2.75) is 6.92 Å². The van der Waals surface area contributed by atoms with Gasteiger partial charge in [0.05, 0.1) is 6.61 Å². The number of rotatable bonds is 4. The molecule has 0 spiro atoms. The van der Waals surface area contributed by atoms with Crippen molar-refractivity contribution in [3.8, 4) is 5.75 Å². The predicted molar refractivity (Wildman–Crippen MR) is 95.4 cm³/mol. The first-order valence-corrected chi connectivity index (χ1v) is 7.89. The molecule has 22 heavy (non-hydrogen) atoms. The summed E-state index contributed by atoms with van der Waals surface area (Å²) in [5, 5.41) is 5.85. The van der Waals surface area contributed by atoms with Crippen LogP contribution in [-0.2, 0) is 0 Å². The third-order valence-corrected chi connectivity index (χ3v) is 3.41. The highest BCUT2D eigenvalue weighted by atomic mass is 79.9. The Morgan fingerprint density at radius 1 is 1.23 bits per heavy atom. The third-order valence-electron chi connectivity index (χ3n) is 2.72. The highest BCUT2D eigenvalue weighted by Crippen LogP contribution is 2.16. The number of anilines is 1. The maximum Gasteiger partial charge on any atom is 0.257 e. The Morgan fingerprint density at radius 3 is 2.73 bits per heavy atom. The molecule has 114 valence electrons. The number of ether oxygens (including phenoxy) is 1. The molecule has 0 radical (unpaired) electrons. The van der Waals surface area contributed by atoms with Gasteiger partial charge in [0, 0.05) is 15.7 Å². The van der Waals surface area contributed by atoms with Gasteiger partial charge < -0.3 is 10.1 Å².